The van der Waals surface area contributed by atoms with E-state index in [2.05, 4.69) is 10.3 Å². The first-order valence-electron chi connectivity index (χ1n) is 6.49. The smallest absolute Gasteiger partial charge is 0.223 e. The lowest BCUT2D eigenvalue weighted by Gasteiger charge is -2.18. The lowest BCUT2D eigenvalue weighted by molar-refractivity contribution is -0.130. The second kappa shape index (κ2) is 7.16. The van der Waals surface area contributed by atoms with E-state index < -0.39 is 0 Å². The van der Waals surface area contributed by atoms with Crippen LogP contribution in [-0.4, -0.2) is 35.4 Å². The van der Waals surface area contributed by atoms with Gasteiger partial charge in [0.1, 0.15) is 5.76 Å². The van der Waals surface area contributed by atoms with E-state index in [0.29, 0.717) is 25.4 Å². The number of oxazole rings is 1. The van der Waals surface area contributed by atoms with Gasteiger partial charge >= 0.3 is 0 Å². The number of carbonyl (C=O) groups excluding carboxylic acids is 1. The van der Waals surface area contributed by atoms with Crippen molar-refractivity contribution in [3.8, 4) is 0 Å². The number of hydrogen-bond donors (Lipinski definition) is 1. The first kappa shape index (κ1) is 14.7. The van der Waals surface area contributed by atoms with E-state index in [1.165, 1.54) is 0 Å². The molecule has 0 radical (unpaired) electrons. The third-order valence-corrected chi connectivity index (χ3v) is 2.98. The number of aryl methyl sites for hydroxylation is 2. The molecule has 18 heavy (non-hydrogen) atoms. The summed E-state index contributed by atoms with van der Waals surface area (Å²) in [6.07, 6.45) is 0.514. The average Bonchev–Trinajstić information content (AvgIpc) is 2.66. The maximum absolute atomic E-state index is 11.7. The molecule has 0 unspecified atom stereocenters. The highest BCUT2D eigenvalue weighted by molar-refractivity contribution is 5.76. The van der Waals surface area contributed by atoms with Crippen molar-refractivity contribution in [2.45, 2.75) is 40.7 Å². The fraction of sp³-hybridized carbons (Fsp3) is 0.692. The van der Waals surface area contributed by atoms with Crippen molar-refractivity contribution in [1.82, 2.24) is 15.2 Å². The zero-order valence-corrected chi connectivity index (χ0v) is 11.7. The molecule has 0 spiro atoms. The molecule has 1 amide bonds. The highest BCUT2D eigenvalue weighted by atomic mass is 16.4. The molecule has 102 valence electrons. The molecule has 0 aliphatic rings. The van der Waals surface area contributed by atoms with Crippen LogP contribution in [0, 0.1) is 13.8 Å². The van der Waals surface area contributed by atoms with Crippen LogP contribution in [0.3, 0.4) is 0 Å². The van der Waals surface area contributed by atoms with Gasteiger partial charge in [0.2, 0.25) is 11.8 Å². The van der Waals surface area contributed by atoms with Crippen LogP contribution in [0.5, 0.6) is 0 Å². The van der Waals surface area contributed by atoms with Gasteiger partial charge < -0.3 is 14.6 Å². The minimum atomic E-state index is 0.187. The fourth-order valence-corrected chi connectivity index (χ4v) is 1.74. The number of aromatic nitrogens is 1. The second-order valence-corrected chi connectivity index (χ2v) is 4.24. The van der Waals surface area contributed by atoms with Crippen molar-refractivity contribution in [3.05, 3.63) is 17.3 Å². The van der Waals surface area contributed by atoms with Crippen LogP contribution in [0.2, 0.25) is 0 Å². The molecule has 5 heteroatoms. The number of amides is 1. The van der Waals surface area contributed by atoms with E-state index in [4.69, 9.17) is 4.42 Å². The van der Waals surface area contributed by atoms with Crippen molar-refractivity contribution < 1.29 is 9.21 Å². The molecule has 5 nitrogen and oxygen atoms in total. The average molecular weight is 253 g/mol. The molecule has 1 rings (SSSR count). The molecule has 0 saturated heterocycles. The third kappa shape index (κ3) is 4.14. The Labute approximate surface area is 109 Å². The van der Waals surface area contributed by atoms with Crippen LogP contribution in [0.4, 0.5) is 0 Å². The first-order chi connectivity index (χ1) is 8.58. The summed E-state index contributed by atoms with van der Waals surface area (Å²) in [6, 6.07) is 0. The normalized spacial score (nSPS) is 10.7. The Morgan fingerprint density at radius 3 is 2.50 bits per heavy atom. The summed E-state index contributed by atoms with van der Waals surface area (Å²) in [5, 5.41) is 3.17. The molecule has 0 fully saturated rings. The van der Waals surface area contributed by atoms with Gasteiger partial charge in [0.25, 0.3) is 0 Å². The van der Waals surface area contributed by atoms with Gasteiger partial charge in [-0.05, 0) is 27.7 Å². The predicted molar refractivity (Wildman–Crippen MR) is 70.2 cm³/mol. The standard InChI is InChI=1S/C13H23N3O2/c1-5-16(6-2)13(17)7-8-14-9-12-15-10(3)11(4)18-12/h14H,5-9H2,1-4H3. The number of hydrogen-bond acceptors (Lipinski definition) is 4. The zero-order valence-electron chi connectivity index (χ0n) is 11.7. The zero-order chi connectivity index (χ0) is 13.5. The van der Waals surface area contributed by atoms with Gasteiger partial charge in [-0.1, -0.05) is 0 Å². The van der Waals surface area contributed by atoms with Gasteiger partial charge in [-0.15, -0.1) is 0 Å². The van der Waals surface area contributed by atoms with E-state index in [1.807, 2.05) is 32.6 Å². The van der Waals surface area contributed by atoms with Crippen molar-refractivity contribution in [2.24, 2.45) is 0 Å². The van der Waals surface area contributed by atoms with Gasteiger partial charge in [0.05, 0.1) is 12.2 Å². The summed E-state index contributed by atoms with van der Waals surface area (Å²) in [5.74, 6) is 1.72. The van der Waals surface area contributed by atoms with Crippen molar-refractivity contribution in [2.75, 3.05) is 19.6 Å². The van der Waals surface area contributed by atoms with Gasteiger partial charge in [0, 0.05) is 26.1 Å². The van der Waals surface area contributed by atoms with Crippen LogP contribution in [0.15, 0.2) is 4.42 Å². The van der Waals surface area contributed by atoms with E-state index in [1.54, 1.807) is 0 Å². The molecular formula is C13H23N3O2. The summed E-state index contributed by atoms with van der Waals surface area (Å²) in [4.78, 5) is 17.8. The summed E-state index contributed by atoms with van der Waals surface area (Å²) >= 11 is 0. The van der Waals surface area contributed by atoms with Crippen molar-refractivity contribution in [1.29, 1.82) is 0 Å². The van der Waals surface area contributed by atoms with Gasteiger partial charge in [-0.3, -0.25) is 4.79 Å². The largest absolute Gasteiger partial charge is 0.444 e. The van der Waals surface area contributed by atoms with Crippen LogP contribution in [-0.2, 0) is 11.3 Å². The van der Waals surface area contributed by atoms with E-state index >= 15 is 0 Å². The number of nitrogens with one attached hydrogen (secondary N) is 1. The van der Waals surface area contributed by atoms with Gasteiger partial charge in [0.15, 0.2) is 0 Å². The van der Waals surface area contributed by atoms with Gasteiger partial charge in [-0.2, -0.15) is 0 Å². The third-order valence-electron chi connectivity index (χ3n) is 2.98. The fourth-order valence-electron chi connectivity index (χ4n) is 1.74. The molecule has 0 atom stereocenters. The molecule has 0 bridgehead atoms. The van der Waals surface area contributed by atoms with Crippen molar-refractivity contribution in [3.63, 3.8) is 0 Å². The Bertz CT molecular complexity index is 364. The van der Waals surface area contributed by atoms with Gasteiger partial charge in [-0.25, -0.2) is 4.98 Å². The Morgan fingerprint density at radius 1 is 1.33 bits per heavy atom. The lowest BCUT2D eigenvalue weighted by atomic mass is 10.3. The molecule has 1 aromatic heterocycles. The van der Waals surface area contributed by atoms with Crippen LogP contribution >= 0.6 is 0 Å². The number of rotatable bonds is 7. The summed E-state index contributed by atoms with van der Waals surface area (Å²) < 4.78 is 5.44. The summed E-state index contributed by atoms with van der Waals surface area (Å²) in [6.45, 7) is 10.6. The van der Waals surface area contributed by atoms with Crippen LogP contribution in [0.25, 0.3) is 0 Å². The number of nitrogens with zero attached hydrogens (tertiary/aromatic N) is 2. The Balaban J connectivity index is 2.24. The SMILES string of the molecule is CCN(CC)C(=O)CCNCc1nc(C)c(C)o1. The monoisotopic (exact) mass is 253 g/mol. The minimum Gasteiger partial charge on any atom is -0.444 e. The predicted octanol–water partition coefficient (Wildman–Crippen LogP) is 1.64. The molecule has 1 N–H and O–H groups in total. The minimum absolute atomic E-state index is 0.187. The van der Waals surface area contributed by atoms with Crippen molar-refractivity contribution >= 4 is 5.91 Å². The molecular weight excluding hydrogens is 230 g/mol. The molecule has 1 heterocycles. The highest BCUT2D eigenvalue weighted by Crippen LogP contribution is 2.07. The topological polar surface area (TPSA) is 58.4 Å². The molecule has 0 aromatic carbocycles. The van der Waals surface area contributed by atoms with E-state index in [-0.39, 0.29) is 5.91 Å². The Kier molecular flexibility index (Phi) is 5.85. The maximum Gasteiger partial charge on any atom is 0.223 e. The Morgan fingerprint density at radius 2 is 2.00 bits per heavy atom. The quantitative estimate of drug-likeness (QED) is 0.750. The maximum atomic E-state index is 11.7. The molecule has 0 aliphatic carbocycles. The summed E-state index contributed by atoms with van der Waals surface area (Å²) in [7, 11) is 0. The molecule has 0 aliphatic heterocycles. The summed E-state index contributed by atoms with van der Waals surface area (Å²) in [5.41, 5.74) is 0.922. The molecule has 0 saturated carbocycles. The molecule has 1 aromatic rings. The van der Waals surface area contributed by atoms with Crippen LogP contribution < -0.4 is 5.32 Å². The number of carbonyl (C=O) groups is 1. The van der Waals surface area contributed by atoms with E-state index in [9.17, 15) is 4.79 Å². The lowest BCUT2D eigenvalue weighted by Crippen LogP contribution is -2.32. The highest BCUT2D eigenvalue weighted by Gasteiger charge is 2.09. The van der Waals surface area contributed by atoms with Crippen LogP contribution in [0.1, 0.15) is 37.6 Å². The van der Waals surface area contributed by atoms with E-state index in [0.717, 1.165) is 24.5 Å². The second-order valence-electron chi connectivity index (χ2n) is 4.24. The first-order valence-corrected chi connectivity index (χ1v) is 6.49. The Hall–Kier alpha value is -1.36.